The van der Waals surface area contributed by atoms with Gasteiger partial charge in [0.25, 0.3) is 0 Å². The van der Waals surface area contributed by atoms with Crippen molar-refractivity contribution in [2.24, 2.45) is 5.92 Å². The topological polar surface area (TPSA) is 29.5 Å². The van der Waals surface area contributed by atoms with Crippen molar-refractivity contribution < 1.29 is 9.84 Å². The van der Waals surface area contributed by atoms with Crippen molar-refractivity contribution in [3.63, 3.8) is 0 Å². The molecular weight excluding hydrogens is 152 g/mol. The van der Waals surface area contributed by atoms with Crippen LogP contribution in [0.3, 0.4) is 0 Å². The van der Waals surface area contributed by atoms with Gasteiger partial charge in [-0.15, -0.1) is 6.58 Å². The standard InChI is InChI=1S/C10H18O2/c1-4-9-5-8(11)6-10(12-9)7(2)3/h4,7-11H,1,5-6H2,2-3H3/t8-,9-,10-/m0/s1. The molecule has 70 valence electrons. The molecule has 2 heteroatoms. The molecule has 0 aromatic heterocycles. The average Bonchev–Trinajstić information content (AvgIpc) is 2.03. The van der Waals surface area contributed by atoms with Crippen LogP contribution >= 0.6 is 0 Å². The van der Waals surface area contributed by atoms with E-state index in [9.17, 15) is 5.11 Å². The maximum atomic E-state index is 9.50. The predicted molar refractivity (Wildman–Crippen MR) is 48.9 cm³/mol. The Bertz CT molecular complexity index is 154. The number of aliphatic hydroxyl groups is 1. The van der Waals surface area contributed by atoms with Crippen molar-refractivity contribution in [3.05, 3.63) is 12.7 Å². The second kappa shape index (κ2) is 4.06. The van der Waals surface area contributed by atoms with Gasteiger partial charge in [-0.05, 0) is 12.3 Å². The van der Waals surface area contributed by atoms with E-state index >= 15 is 0 Å². The molecule has 0 bridgehead atoms. The molecule has 1 N–H and O–H groups in total. The zero-order chi connectivity index (χ0) is 9.14. The summed E-state index contributed by atoms with van der Waals surface area (Å²) in [6.07, 6.45) is 3.26. The third-order valence-corrected chi connectivity index (χ3v) is 2.36. The summed E-state index contributed by atoms with van der Waals surface area (Å²) in [6.45, 7) is 7.90. The first-order chi connectivity index (χ1) is 5.63. The van der Waals surface area contributed by atoms with E-state index in [0.717, 1.165) is 6.42 Å². The van der Waals surface area contributed by atoms with Gasteiger partial charge in [-0.2, -0.15) is 0 Å². The monoisotopic (exact) mass is 170 g/mol. The molecule has 0 radical (unpaired) electrons. The second-order valence-corrected chi connectivity index (χ2v) is 3.82. The molecule has 1 rings (SSSR count). The fourth-order valence-electron chi connectivity index (χ4n) is 1.55. The van der Waals surface area contributed by atoms with Crippen molar-refractivity contribution in [1.29, 1.82) is 0 Å². The summed E-state index contributed by atoms with van der Waals surface area (Å²) in [5.74, 6) is 0.474. The summed E-state index contributed by atoms with van der Waals surface area (Å²) in [7, 11) is 0. The maximum absolute atomic E-state index is 9.50. The molecule has 1 fully saturated rings. The fourth-order valence-corrected chi connectivity index (χ4v) is 1.55. The zero-order valence-electron chi connectivity index (χ0n) is 7.86. The Morgan fingerprint density at radius 2 is 2.17 bits per heavy atom. The van der Waals surface area contributed by atoms with Crippen LogP contribution < -0.4 is 0 Å². The van der Waals surface area contributed by atoms with E-state index < -0.39 is 0 Å². The van der Waals surface area contributed by atoms with E-state index in [1.165, 1.54) is 0 Å². The summed E-state index contributed by atoms with van der Waals surface area (Å²) < 4.78 is 5.69. The Hall–Kier alpha value is -0.340. The fraction of sp³-hybridized carbons (Fsp3) is 0.800. The van der Waals surface area contributed by atoms with Crippen LogP contribution in [0.25, 0.3) is 0 Å². The summed E-state index contributed by atoms with van der Waals surface area (Å²) in [5, 5.41) is 9.50. The maximum Gasteiger partial charge on any atom is 0.0781 e. The Labute approximate surface area is 74.2 Å². The van der Waals surface area contributed by atoms with Gasteiger partial charge in [0, 0.05) is 6.42 Å². The van der Waals surface area contributed by atoms with Crippen LogP contribution in [0.1, 0.15) is 26.7 Å². The van der Waals surface area contributed by atoms with Gasteiger partial charge in [0.1, 0.15) is 0 Å². The van der Waals surface area contributed by atoms with E-state index in [1.807, 2.05) is 0 Å². The van der Waals surface area contributed by atoms with Gasteiger partial charge in [-0.3, -0.25) is 0 Å². The van der Waals surface area contributed by atoms with E-state index in [0.29, 0.717) is 12.3 Å². The molecule has 0 aromatic rings. The van der Waals surface area contributed by atoms with Crippen LogP contribution in [0, 0.1) is 5.92 Å². The number of hydrogen-bond acceptors (Lipinski definition) is 2. The lowest BCUT2D eigenvalue weighted by atomic mass is 9.94. The molecule has 0 unspecified atom stereocenters. The van der Waals surface area contributed by atoms with Crippen LogP contribution in [0.5, 0.6) is 0 Å². The SMILES string of the molecule is C=C[C@H]1C[C@H](O)C[C@@H](C(C)C)O1. The van der Waals surface area contributed by atoms with Gasteiger partial charge in [-0.1, -0.05) is 19.9 Å². The largest absolute Gasteiger partial charge is 0.393 e. The molecule has 0 amide bonds. The molecule has 0 spiro atoms. The lowest BCUT2D eigenvalue weighted by molar-refractivity contribution is -0.0933. The summed E-state index contributed by atoms with van der Waals surface area (Å²) in [5.41, 5.74) is 0. The van der Waals surface area contributed by atoms with Crippen molar-refractivity contribution in [3.8, 4) is 0 Å². The second-order valence-electron chi connectivity index (χ2n) is 3.82. The number of ether oxygens (including phenoxy) is 1. The minimum atomic E-state index is -0.214. The smallest absolute Gasteiger partial charge is 0.0781 e. The Morgan fingerprint density at radius 3 is 2.67 bits per heavy atom. The highest BCUT2D eigenvalue weighted by Gasteiger charge is 2.28. The van der Waals surface area contributed by atoms with Crippen LogP contribution in [0.15, 0.2) is 12.7 Å². The third kappa shape index (κ3) is 2.32. The minimum absolute atomic E-state index is 0.0427. The first-order valence-corrected chi connectivity index (χ1v) is 4.59. The van der Waals surface area contributed by atoms with Crippen molar-refractivity contribution in [2.75, 3.05) is 0 Å². The van der Waals surface area contributed by atoms with Gasteiger partial charge in [0.05, 0.1) is 18.3 Å². The minimum Gasteiger partial charge on any atom is -0.393 e. The quantitative estimate of drug-likeness (QED) is 0.640. The first kappa shape index (κ1) is 9.75. The first-order valence-electron chi connectivity index (χ1n) is 4.59. The highest BCUT2D eigenvalue weighted by Crippen LogP contribution is 2.24. The molecule has 1 heterocycles. The van der Waals surface area contributed by atoms with E-state index in [1.54, 1.807) is 6.08 Å². The van der Waals surface area contributed by atoms with Crippen molar-refractivity contribution >= 4 is 0 Å². The Balaban J connectivity index is 2.50. The lowest BCUT2D eigenvalue weighted by Gasteiger charge is -2.33. The summed E-state index contributed by atoms with van der Waals surface area (Å²) in [6, 6.07) is 0. The molecule has 1 aliphatic heterocycles. The predicted octanol–water partition coefficient (Wildman–Crippen LogP) is 1.74. The molecule has 3 atom stereocenters. The van der Waals surface area contributed by atoms with E-state index in [-0.39, 0.29) is 18.3 Å². The third-order valence-electron chi connectivity index (χ3n) is 2.36. The van der Waals surface area contributed by atoms with Crippen molar-refractivity contribution in [2.45, 2.75) is 45.0 Å². The van der Waals surface area contributed by atoms with E-state index in [2.05, 4.69) is 20.4 Å². The highest BCUT2D eigenvalue weighted by atomic mass is 16.5. The van der Waals surface area contributed by atoms with Gasteiger partial charge in [-0.25, -0.2) is 0 Å². The van der Waals surface area contributed by atoms with Crippen LogP contribution in [0.4, 0.5) is 0 Å². The molecule has 12 heavy (non-hydrogen) atoms. The summed E-state index contributed by atoms with van der Waals surface area (Å²) in [4.78, 5) is 0. The number of aliphatic hydroxyl groups excluding tert-OH is 1. The highest BCUT2D eigenvalue weighted by molar-refractivity contribution is 4.88. The lowest BCUT2D eigenvalue weighted by Crippen LogP contribution is -2.37. The summed E-state index contributed by atoms with van der Waals surface area (Å²) >= 11 is 0. The Morgan fingerprint density at radius 1 is 1.50 bits per heavy atom. The van der Waals surface area contributed by atoms with Gasteiger partial charge < -0.3 is 9.84 Å². The molecule has 0 aromatic carbocycles. The number of hydrogen-bond donors (Lipinski definition) is 1. The molecular formula is C10H18O2. The molecule has 0 saturated carbocycles. The van der Waals surface area contributed by atoms with Crippen LogP contribution in [0.2, 0.25) is 0 Å². The molecule has 1 aliphatic rings. The zero-order valence-corrected chi connectivity index (χ0v) is 7.86. The van der Waals surface area contributed by atoms with Crippen molar-refractivity contribution in [1.82, 2.24) is 0 Å². The molecule has 0 aliphatic carbocycles. The number of rotatable bonds is 2. The van der Waals surface area contributed by atoms with Gasteiger partial charge in [0.2, 0.25) is 0 Å². The van der Waals surface area contributed by atoms with Gasteiger partial charge in [0.15, 0.2) is 0 Å². The van der Waals surface area contributed by atoms with Crippen LogP contribution in [-0.2, 0) is 4.74 Å². The van der Waals surface area contributed by atoms with E-state index in [4.69, 9.17) is 4.74 Å². The molecule has 1 saturated heterocycles. The molecule has 2 nitrogen and oxygen atoms in total. The van der Waals surface area contributed by atoms with Gasteiger partial charge >= 0.3 is 0 Å². The normalized spacial score (nSPS) is 36.8. The Kier molecular flexibility index (Phi) is 3.29. The average molecular weight is 170 g/mol. The van der Waals surface area contributed by atoms with Crippen LogP contribution in [-0.4, -0.2) is 23.4 Å².